The summed E-state index contributed by atoms with van der Waals surface area (Å²) < 4.78 is 1.05. The average molecular weight is 435 g/mol. The van der Waals surface area contributed by atoms with Gasteiger partial charge in [-0.05, 0) is 53.3 Å². The van der Waals surface area contributed by atoms with E-state index in [2.05, 4.69) is 82.5 Å². The molecule has 0 amide bonds. The van der Waals surface area contributed by atoms with Gasteiger partial charge in [0.25, 0.3) is 0 Å². The lowest BCUT2D eigenvalue weighted by molar-refractivity contribution is -0.128. The van der Waals surface area contributed by atoms with Crippen LogP contribution in [0.25, 0.3) is 10.9 Å². The van der Waals surface area contributed by atoms with Crippen molar-refractivity contribution in [2.75, 3.05) is 5.32 Å². The van der Waals surface area contributed by atoms with Gasteiger partial charge in [0.15, 0.2) is 0 Å². The van der Waals surface area contributed by atoms with Crippen molar-refractivity contribution in [1.82, 2.24) is 4.98 Å². The lowest BCUT2D eigenvalue weighted by Gasteiger charge is -2.47. The number of nitrogens with zero attached hydrogens (tertiary/aromatic N) is 1. The summed E-state index contributed by atoms with van der Waals surface area (Å²) in [5.41, 5.74) is 4.56. The van der Waals surface area contributed by atoms with E-state index in [0.717, 1.165) is 27.5 Å². The molecule has 0 bridgehead atoms. The highest BCUT2D eigenvalue weighted by atomic mass is 79.9. The molecule has 0 radical (unpaired) electrons. The topological polar surface area (TPSA) is 42.0 Å². The summed E-state index contributed by atoms with van der Waals surface area (Å²) >= 11 is 3.55. The summed E-state index contributed by atoms with van der Waals surface area (Å²) in [7, 11) is 0. The van der Waals surface area contributed by atoms with Gasteiger partial charge in [-0.3, -0.25) is 9.78 Å². The molecule has 3 aromatic rings. The smallest absolute Gasteiger partial charge is 0.139 e. The highest BCUT2D eigenvalue weighted by molar-refractivity contribution is 9.10. The maximum atomic E-state index is 13.4. The van der Waals surface area contributed by atoms with Crippen LogP contribution in [0.2, 0.25) is 0 Å². The van der Waals surface area contributed by atoms with E-state index in [4.69, 9.17) is 0 Å². The zero-order chi connectivity index (χ0) is 19.5. The largest absolute Gasteiger partial charge is 0.381 e. The third-order valence-corrected chi connectivity index (χ3v) is 6.83. The molecule has 1 saturated carbocycles. The van der Waals surface area contributed by atoms with Crippen LogP contribution in [-0.4, -0.2) is 16.8 Å². The van der Waals surface area contributed by atoms with Crippen LogP contribution in [0.4, 0.5) is 5.69 Å². The molecule has 5 rings (SSSR count). The van der Waals surface area contributed by atoms with Gasteiger partial charge in [0, 0.05) is 46.0 Å². The zero-order valence-corrected chi connectivity index (χ0v) is 17.7. The molecule has 28 heavy (non-hydrogen) atoms. The number of carbonyl (C=O) groups is 1. The Morgan fingerprint density at radius 2 is 1.89 bits per heavy atom. The molecule has 0 unspecified atom stereocenters. The van der Waals surface area contributed by atoms with Gasteiger partial charge in [-0.1, -0.05) is 48.0 Å². The molecule has 2 aliphatic rings. The molecule has 0 saturated heterocycles. The number of carbonyl (C=O) groups excluding carboxylic acids is 1. The Bertz CT molecular complexity index is 1070. The number of hydrogen-bond acceptors (Lipinski definition) is 3. The molecule has 1 fully saturated rings. The molecule has 2 heterocycles. The van der Waals surface area contributed by atoms with E-state index in [1.54, 1.807) is 0 Å². The lowest BCUT2D eigenvalue weighted by Crippen LogP contribution is -2.50. The van der Waals surface area contributed by atoms with Crippen molar-refractivity contribution < 1.29 is 4.79 Å². The van der Waals surface area contributed by atoms with Crippen LogP contribution in [-0.2, 0) is 4.79 Å². The van der Waals surface area contributed by atoms with Crippen molar-refractivity contribution in [3.8, 4) is 0 Å². The summed E-state index contributed by atoms with van der Waals surface area (Å²) in [6, 6.07) is 17.0. The third-order valence-electron chi connectivity index (χ3n) is 6.30. The molecule has 3 atom stereocenters. The molecule has 0 spiro atoms. The first-order valence-electron chi connectivity index (χ1n) is 9.85. The fourth-order valence-corrected chi connectivity index (χ4v) is 5.49. The highest BCUT2D eigenvalue weighted by Crippen LogP contribution is 2.51. The molecular formula is C24H23BrN2O. The molecule has 1 N–H and O–H groups in total. The number of ketones is 1. The zero-order valence-electron chi connectivity index (χ0n) is 16.1. The first kappa shape index (κ1) is 17.9. The predicted molar refractivity (Wildman–Crippen MR) is 117 cm³/mol. The Hall–Kier alpha value is -2.20. The summed E-state index contributed by atoms with van der Waals surface area (Å²) in [6.07, 6.45) is 3.47. The fraction of sp³-hybridized carbons (Fsp3) is 0.333. The number of aromatic nitrogens is 1. The number of fused-ring (bicyclic) bond motifs is 4. The minimum atomic E-state index is -0.0486. The molecule has 3 nitrogen and oxygen atoms in total. The van der Waals surface area contributed by atoms with Crippen LogP contribution in [0, 0.1) is 11.3 Å². The van der Waals surface area contributed by atoms with Gasteiger partial charge in [-0.2, -0.15) is 0 Å². The van der Waals surface area contributed by atoms with E-state index in [1.807, 2.05) is 12.3 Å². The Morgan fingerprint density at radius 1 is 1.11 bits per heavy atom. The highest BCUT2D eigenvalue weighted by Gasteiger charge is 2.48. The second-order valence-electron chi connectivity index (χ2n) is 8.91. The number of halogens is 1. The van der Waals surface area contributed by atoms with E-state index < -0.39 is 0 Å². The Morgan fingerprint density at radius 3 is 2.68 bits per heavy atom. The molecular weight excluding hydrogens is 412 g/mol. The van der Waals surface area contributed by atoms with Gasteiger partial charge in [-0.15, -0.1) is 0 Å². The van der Waals surface area contributed by atoms with Gasteiger partial charge in [0.1, 0.15) is 5.78 Å². The number of benzene rings is 2. The summed E-state index contributed by atoms with van der Waals surface area (Å²) in [6.45, 7) is 4.41. The van der Waals surface area contributed by atoms with E-state index in [-0.39, 0.29) is 23.3 Å². The molecule has 1 aliphatic carbocycles. The van der Waals surface area contributed by atoms with Crippen molar-refractivity contribution in [3.05, 3.63) is 70.3 Å². The maximum absolute atomic E-state index is 13.4. The third kappa shape index (κ3) is 2.86. The van der Waals surface area contributed by atoms with Crippen LogP contribution in [0.5, 0.6) is 0 Å². The van der Waals surface area contributed by atoms with E-state index >= 15 is 0 Å². The van der Waals surface area contributed by atoms with Crippen LogP contribution < -0.4 is 5.32 Å². The van der Waals surface area contributed by atoms with Crippen LogP contribution in [0.1, 0.15) is 43.7 Å². The van der Waals surface area contributed by atoms with Gasteiger partial charge < -0.3 is 5.32 Å². The molecule has 4 heteroatoms. The average Bonchev–Trinajstić information content (AvgIpc) is 2.66. The first-order chi connectivity index (χ1) is 13.4. The normalized spacial score (nSPS) is 25.7. The predicted octanol–water partition coefficient (Wildman–Crippen LogP) is 5.93. The Balaban J connectivity index is 1.76. The quantitative estimate of drug-likeness (QED) is 0.515. The van der Waals surface area contributed by atoms with Gasteiger partial charge in [0.05, 0.1) is 5.52 Å². The summed E-state index contributed by atoms with van der Waals surface area (Å²) in [5, 5.41) is 4.87. The standard InChI is InChI=1S/C24H23BrN2O/c1-24(2)12-19-23(20(28)13-24)21(14-5-7-15(25)8-6-14)22-16-4-3-11-26-17(16)9-10-18(22)27-19/h3-11,19,21,23,27H,12-13H2,1-2H3/t19-,21-,23+/m1/s1. The minimum Gasteiger partial charge on any atom is -0.381 e. The SMILES string of the molecule is CC1(C)CC(=O)[C@H]2[C@H](c3ccc(Br)cc3)c3c(ccc4ncccc34)N[C@@H]2C1. The van der Waals surface area contributed by atoms with E-state index in [9.17, 15) is 4.79 Å². The molecule has 2 aromatic carbocycles. The van der Waals surface area contributed by atoms with Gasteiger partial charge in [-0.25, -0.2) is 0 Å². The number of rotatable bonds is 1. The van der Waals surface area contributed by atoms with Gasteiger partial charge in [0.2, 0.25) is 0 Å². The Labute approximate surface area is 173 Å². The molecule has 142 valence electrons. The van der Waals surface area contributed by atoms with Crippen molar-refractivity contribution in [2.24, 2.45) is 11.3 Å². The van der Waals surface area contributed by atoms with Crippen LogP contribution in [0.15, 0.2) is 59.2 Å². The second kappa shape index (κ2) is 6.41. The second-order valence-corrected chi connectivity index (χ2v) is 9.83. The van der Waals surface area contributed by atoms with Crippen molar-refractivity contribution >= 4 is 38.3 Å². The van der Waals surface area contributed by atoms with E-state index in [0.29, 0.717) is 12.2 Å². The van der Waals surface area contributed by atoms with E-state index in [1.165, 1.54) is 11.1 Å². The molecule has 1 aromatic heterocycles. The summed E-state index contributed by atoms with van der Waals surface area (Å²) in [5.74, 6) is 0.367. The Kier molecular flexibility index (Phi) is 4.09. The number of anilines is 1. The molecule has 1 aliphatic heterocycles. The summed E-state index contributed by atoms with van der Waals surface area (Å²) in [4.78, 5) is 17.9. The lowest BCUT2D eigenvalue weighted by atomic mass is 9.61. The number of Topliss-reactive ketones (excluding diaryl/α,β-unsaturated/α-hetero) is 1. The number of hydrogen-bond donors (Lipinski definition) is 1. The maximum Gasteiger partial charge on any atom is 0.139 e. The minimum absolute atomic E-state index is 0.0332. The van der Waals surface area contributed by atoms with Gasteiger partial charge >= 0.3 is 0 Å². The number of nitrogens with one attached hydrogen (secondary N) is 1. The fourth-order valence-electron chi connectivity index (χ4n) is 5.23. The monoisotopic (exact) mass is 434 g/mol. The first-order valence-corrected chi connectivity index (χ1v) is 10.6. The van der Waals surface area contributed by atoms with Crippen molar-refractivity contribution in [3.63, 3.8) is 0 Å². The van der Waals surface area contributed by atoms with Crippen molar-refractivity contribution in [2.45, 2.75) is 38.6 Å². The van der Waals surface area contributed by atoms with Crippen molar-refractivity contribution in [1.29, 1.82) is 0 Å². The number of pyridine rings is 1. The van der Waals surface area contributed by atoms with Crippen LogP contribution in [0.3, 0.4) is 0 Å². The van der Waals surface area contributed by atoms with Crippen LogP contribution >= 0.6 is 15.9 Å².